The Morgan fingerprint density at radius 1 is 1.17 bits per heavy atom. The molecule has 1 amide bonds. The molecule has 0 unspecified atom stereocenters. The smallest absolute Gasteiger partial charge is 0.331 e. The highest BCUT2D eigenvalue weighted by Crippen LogP contribution is 2.17. The molecule has 1 N–H and O–H groups in total. The molecular weight excluding hydrogens is 372 g/mol. The van der Waals surface area contributed by atoms with Gasteiger partial charge in [-0.1, -0.05) is 34.1 Å². The number of rotatable bonds is 5. The highest BCUT2D eigenvalue weighted by molar-refractivity contribution is 9.10. The minimum atomic E-state index is -0.610. The second-order valence-electron chi connectivity index (χ2n) is 4.70. The van der Waals surface area contributed by atoms with Gasteiger partial charge in [-0.2, -0.15) is 5.26 Å². The van der Waals surface area contributed by atoms with Gasteiger partial charge in [-0.15, -0.1) is 0 Å². The predicted octanol–water partition coefficient (Wildman–Crippen LogP) is 3.52. The molecule has 0 aliphatic heterocycles. The van der Waals surface area contributed by atoms with Crippen molar-refractivity contribution in [3.63, 3.8) is 0 Å². The first-order valence-corrected chi connectivity index (χ1v) is 7.77. The largest absolute Gasteiger partial charge is 0.452 e. The van der Waals surface area contributed by atoms with E-state index in [9.17, 15) is 9.59 Å². The van der Waals surface area contributed by atoms with Crippen LogP contribution >= 0.6 is 15.9 Å². The first-order valence-electron chi connectivity index (χ1n) is 6.98. The van der Waals surface area contributed by atoms with Crippen molar-refractivity contribution >= 4 is 39.6 Å². The molecule has 2 aromatic carbocycles. The fraction of sp³-hybridized carbons (Fsp3) is 0.0556. The lowest BCUT2D eigenvalue weighted by Gasteiger charge is -2.05. The number of amides is 1. The highest BCUT2D eigenvalue weighted by Gasteiger charge is 2.06. The predicted molar refractivity (Wildman–Crippen MR) is 93.9 cm³/mol. The van der Waals surface area contributed by atoms with Crippen LogP contribution in [0.3, 0.4) is 0 Å². The van der Waals surface area contributed by atoms with E-state index in [1.807, 2.05) is 30.3 Å². The van der Waals surface area contributed by atoms with Crippen LogP contribution in [0.4, 0.5) is 5.69 Å². The van der Waals surface area contributed by atoms with E-state index in [0.29, 0.717) is 11.3 Å². The molecule has 0 saturated carbocycles. The van der Waals surface area contributed by atoms with Crippen molar-refractivity contribution in [1.29, 1.82) is 5.26 Å². The normalized spacial score (nSPS) is 10.2. The van der Waals surface area contributed by atoms with E-state index in [2.05, 4.69) is 21.2 Å². The van der Waals surface area contributed by atoms with Gasteiger partial charge in [0.25, 0.3) is 5.91 Å². The van der Waals surface area contributed by atoms with Crippen molar-refractivity contribution in [2.24, 2.45) is 0 Å². The zero-order valence-electron chi connectivity index (χ0n) is 12.5. The molecule has 0 fully saturated rings. The summed E-state index contributed by atoms with van der Waals surface area (Å²) in [7, 11) is 0. The lowest BCUT2D eigenvalue weighted by molar-refractivity contribution is -0.142. The molecule has 5 nitrogen and oxygen atoms in total. The molecule has 6 heteroatoms. The van der Waals surface area contributed by atoms with Gasteiger partial charge in [-0.3, -0.25) is 4.79 Å². The molecule has 2 rings (SSSR count). The van der Waals surface area contributed by atoms with E-state index in [-0.39, 0.29) is 6.61 Å². The molecule has 2 aromatic rings. The fourth-order valence-electron chi connectivity index (χ4n) is 1.78. The van der Waals surface area contributed by atoms with Crippen LogP contribution in [0, 0.1) is 11.3 Å². The number of nitrogens with zero attached hydrogens (tertiary/aromatic N) is 1. The van der Waals surface area contributed by atoms with E-state index in [4.69, 9.17) is 10.00 Å². The number of esters is 1. The maximum atomic E-state index is 11.7. The summed E-state index contributed by atoms with van der Waals surface area (Å²) in [4.78, 5) is 23.3. The lowest BCUT2D eigenvalue weighted by atomic mass is 10.2. The Balaban J connectivity index is 1.81. The summed E-state index contributed by atoms with van der Waals surface area (Å²) in [6.45, 7) is -0.390. The zero-order valence-corrected chi connectivity index (χ0v) is 14.1. The topological polar surface area (TPSA) is 79.2 Å². The lowest BCUT2D eigenvalue weighted by Crippen LogP contribution is -2.20. The molecule has 0 aliphatic rings. The third-order valence-electron chi connectivity index (χ3n) is 2.95. The van der Waals surface area contributed by atoms with E-state index in [1.165, 1.54) is 6.08 Å². The first kappa shape index (κ1) is 17.4. The van der Waals surface area contributed by atoms with E-state index >= 15 is 0 Å². The summed E-state index contributed by atoms with van der Waals surface area (Å²) >= 11 is 3.37. The molecule has 0 saturated heterocycles. The van der Waals surface area contributed by atoms with Gasteiger partial charge in [0.1, 0.15) is 0 Å². The van der Waals surface area contributed by atoms with Crippen LogP contribution in [0.2, 0.25) is 0 Å². The molecule has 0 radical (unpaired) electrons. The number of hydrogen-bond acceptors (Lipinski definition) is 4. The Labute approximate surface area is 147 Å². The molecule has 0 aromatic heterocycles. The number of halogens is 1. The van der Waals surface area contributed by atoms with Crippen molar-refractivity contribution in [2.75, 3.05) is 11.9 Å². The summed E-state index contributed by atoms with van der Waals surface area (Å²) in [5.74, 6) is -1.07. The number of nitrogens with one attached hydrogen (secondary N) is 1. The van der Waals surface area contributed by atoms with Crippen molar-refractivity contribution in [2.45, 2.75) is 0 Å². The number of carbonyl (C=O) groups is 2. The Hall–Kier alpha value is -2.91. The van der Waals surface area contributed by atoms with Gasteiger partial charge >= 0.3 is 5.97 Å². The Morgan fingerprint density at radius 2 is 1.88 bits per heavy atom. The molecule has 0 atom stereocenters. The molecular formula is C18H13BrN2O3. The number of hydrogen-bond donors (Lipinski definition) is 1. The minimum absolute atomic E-state index is 0.390. The average Bonchev–Trinajstić information content (AvgIpc) is 2.60. The van der Waals surface area contributed by atoms with E-state index < -0.39 is 11.9 Å². The van der Waals surface area contributed by atoms with Gasteiger partial charge in [-0.05, 0) is 42.0 Å². The van der Waals surface area contributed by atoms with Gasteiger partial charge in [0, 0.05) is 16.2 Å². The Kier molecular flexibility index (Phi) is 6.29. The summed E-state index contributed by atoms with van der Waals surface area (Å²) in [5, 5.41) is 11.3. The van der Waals surface area contributed by atoms with Gasteiger partial charge in [0.2, 0.25) is 0 Å². The SMILES string of the molecule is N#Cc1ccc(NC(=O)COC(=O)/C=C/c2ccccc2Br)cc1. The minimum Gasteiger partial charge on any atom is -0.452 e. The van der Waals surface area contributed by atoms with Crippen LogP contribution < -0.4 is 5.32 Å². The van der Waals surface area contributed by atoms with Crippen LogP contribution in [-0.2, 0) is 14.3 Å². The quantitative estimate of drug-likeness (QED) is 0.631. The molecule has 0 bridgehead atoms. The van der Waals surface area contributed by atoms with Crippen LogP contribution in [0.1, 0.15) is 11.1 Å². The molecule has 120 valence electrons. The fourth-order valence-corrected chi connectivity index (χ4v) is 2.19. The van der Waals surface area contributed by atoms with Gasteiger partial charge in [0.05, 0.1) is 11.6 Å². The van der Waals surface area contributed by atoms with Crippen LogP contribution in [-0.4, -0.2) is 18.5 Å². The van der Waals surface area contributed by atoms with Gasteiger partial charge in [0.15, 0.2) is 6.61 Å². The average molecular weight is 385 g/mol. The second-order valence-corrected chi connectivity index (χ2v) is 5.55. The third-order valence-corrected chi connectivity index (χ3v) is 3.67. The maximum Gasteiger partial charge on any atom is 0.331 e. The molecule has 24 heavy (non-hydrogen) atoms. The highest BCUT2D eigenvalue weighted by atomic mass is 79.9. The summed E-state index contributed by atoms with van der Waals surface area (Å²) < 4.78 is 5.73. The number of ether oxygens (including phenoxy) is 1. The van der Waals surface area contributed by atoms with Crippen LogP contribution in [0.5, 0.6) is 0 Å². The number of anilines is 1. The summed E-state index contributed by atoms with van der Waals surface area (Å²) in [6.07, 6.45) is 2.86. The second kappa shape index (κ2) is 8.65. The number of carbonyl (C=O) groups excluding carboxylic acids is 2. The standard InChI is InChI=1S/C18H13BrN2O3/c19-16-4-2-1-3-14(16)7-10-18(23)24-12-17(22)21-15-8-5-13(11-20)6-9-15/h1-10H,12H2,(H,21,22)/b10-7+. The maximum absolute atomic E-state index is 11.7. The molecule has 0 spiro atoms. The van der Waals surface area contributed by atoms with Crippen molar-refractivity contribution in [3.8, 4) is 6.07 Å². The van der Waals surface area contributed by atoms with Crippen LogP contribution in [0.25, 0.3) is 6.08 Å². The zero-order chi connectivity index (χ0) is 17.4. The Morgan fingerprint density at radius 3 is 2.54 bits per heavy atom. The van der Waals surface area contributed by atoms with E-state index in [0.717, 1.165) is 10.0 Å². The number of benzene rings is 2. The third kappa shape index (κ3) is 5.38. The van der Waals surface area contributed by atoms with Crippen molar-refractivity contribution in [1.82, 2.24) is 0 Å². The Bertz CT molecular complexity index is 808. The van der Waals surface area contributed by atoms with Crippen LogP contribution in [0.15, 0.2) is 59.1 Å². The summed E-state index contributed by atoms with van der Waals surface area (Å²) in [5.41, 5.74) is 1.85. The number of nitriles is 1. The van der Waals surface area contributed by atoms with Gasteiger partial charge < -0.3 is 10.1 Å². The molecule has 0 heterocycles. The first-order chi connectivity index (χ1) is 11.6. The monoisotopic (exact) mass is 384 g/mol. The van der Waals surface area contributed by atoms with Crippen molar-refractivity contribution in [3.05, 3.63) is 70.2 Å². The van der Waals surface area contributed by atoms with E-state index in [1.54, 1.807) is 30.3 Å². The molecule has 0 aliphatic carbocycles. The van der Waals surface area contributed by atoms with Gasteiger partial charge in [-0.25, -0.2) is 4.79 Å². The summed E-state index contributed by atoms with van der Waals surface area (Å²) in [6, 6.07) is 15.8. The van der Waals surface area contributed by atoms with Crippen molar-refractivity contribution < 1.29 is 14.3 Å².